The minimum absolute atomic E-state index is 0.227. The van der Waals surface area contributed by atoms with Crippen LogP contribution in [-0.2, 0) is 20.6 Å². The second kappa shape index (κ2) is 6.51. The third-order valence-electron chi connectivity index (χ3n) is 3.04. The van der Waals surface area contributed by atoms with E-state index in [2.05, 4.69) is 17.1 Å². The summed E-state index contributed by atoms with van der Waals surface area (Å²) in [5.41, 5.74) is 0.0858. The molecule has 6 nitrogen and oxygen atoms in total. The second-order valence-corrected chi connectivity index (χ2v) is 4.48. The van der Waals surface area contributed by atoms with Gasteiger partial charge in [0.05, 0.1) is 0 Å². The maximum absolute atomic E-state index is 11.8. The summed E-state index contributed by atoms with van der Waals surface area (Å²) in [6.45, 7) is 5.34. The average molecular weight is 254 g/mol. The van der Waals surface area contributed by atoms with Gasteiger partial charge in [-0.2, -0.15) is 0 Å². The molecule has 18 heavy (non-hydrogen) atoms. The highest BCUT2D eigenvalue weighted by atomic mass is 16.2. The third kappa shape index (κ3) is 3.54. The number of nitrogens with one attached hydrogen (secondary N) is 1. The highest BCUT2D eigenvalue weighted by Gasteiger charge is 2.06. The van der Waals surface area contributed by atoms with E-state index in [-0.39, 0.29) is 11.2 Å². The fraction of sp³-hybridized carbons (Fsp3) is 0.667. The molecule has 0 unspecified atom stereocenters. The third-order valence-corrected chi connectivity index (χ3v) is 3.04. The molecule has 0 aliphatic carbocycles. The molecule has 1 aromatic rings. The number of hydrogen-bond acceptors (Lipinski definition) is 4. The Morgan fingerprint density at radius 3 is 2.61 bits per heavy atom. The molecule has 0 radical (unpaired) electrons. The van der Waals surface area contributed by atoms with Gasteiger partial charge >= 0.3 is 5.69 Å². The lowest BCUT2D eigenvalue weighted by Crippen LogP contribution is -2.40. The van der Waals surface area contributed by atoms with E-state index in [1.807, 2.05) is 7.05 Å². The van der Waals surface area contributed by atoms with Crippen molar-refractivity contribution in [1.29, 1.82) is 0 Å². The monoisotopic (exact) mass is 254 g/mol. The Kier molecular flexibility index (Phi) is 5.30. The molecule has 0 amide bonds. The van der Waals surface area contributed by atoms with Gasteiger partial charge in [0.25, 0.3) is 5.56 Å². The van der Waals surface area contributed by atoms with Gasteiger partial charge in [-0.1, -0.05) is 6.92 Å². The van der Waals surface area contributed by atoms with Crippen molar-refractivity contribution in [3.63, 3.8) is 0 Å². The first-order valence-corrected chi connectivity index (χ1v) is 6.12. The van der Waals surface area contributed by atoms with Crippen LogP contribution < -0.4 is 16.6 Å². The molecule has 0 spiro atoms. The molecule has 0 saturated carbocycles. The van der Waals surface area contributed by atoms with E-state index in [0.29, 0.717) is 12.1 Å². The summed E-state index contributed by atoms with van der Waals surface area (Å²) >= 11 is 0. The molecule has 0 aliphatic heterocycles. The molecule has 102 valence electrons. The largest absolute Gasteiger partial charge is 0.330 e. The van der Waals surface area contributed by atoms with Crippen molar-refractivity contribution < 1.29 is 0 Å². The van der Waals surface area contributed by atoms with Crippen LogP contribution in [0.25, 0.3) is 0 Å². The van der Waals surface area contributed by atoms with Crippen molar-refractivity contribution in [1.82, 2.24) is 19.4 Å². The number of nitrogens with zero attached hydrogens (tertiary/aromatic N) is 3. The highest BCUT2D eigenvalue weighted by Crippen LogP contribution is 1.87. The number of rotatable bonds is 6. The molecule has 6 heteroatoms. The molecule has 0 fully saturated rings. The average Bonchev–Trinajstić information content (AvgIpc) is 2.37. The summed E-state index contributed by atoms with van der Waals surface area (Å²) in [4.78, 5) is 25.5. The lowest BCUT2D eigenvalue weighted by Gasteiger charge is -2.14. The summed E-state index contributed by atoms with van der Waals surface area (Å²) < 4.78 is 2.56. The van der Waals surface area contributed by atoms with Crippen LogP contribution in [-0.4, -0.2) is 40.7 Å². The minimum atomic E-state index is -0.297. The van der Waals surface area contributed by atoms with E-state index in [1.54, 1.807) is 13.2 Å². The SMILES string of the molecule is CCN(C)CCNCc1cn(C)c(=O)n(C)c1=O. The molecule has 0 aromatic carbocycles. The first kappa shape index (κ1) is 14.7. The van der Waals surface area contributed by atoms with Gasteiger partial charge in [-0.05, 0) is 13.6 Å². The number of likely N-dealkylation sites (N-methyl/N-ethyl adjacent to an activating group) is 1. The van der Waals surface area contributed by atoms with Gasteiger partial charge in [-0.15, -0.1) is 0 Å². The summed E-state index contributed by atoms with van der Waals surface area (Å²) in [5.74, 6) is 0. The van der Waals surface area contributed by atoms with Gasteiger partial charge in [0.2, 0.25) is 0 Å². The number of aromatic nitrogens is 2. The first-order chi connectivity index (χ1) is 8.47. The first-order valence-electron chi connectivity index (χ1n) is 6.12. The normalized spacial score (nSPS) is 11.2. The van der Waals surface area contributed by atoms with Gasteiger partial charge in [0, 0.05) is 45.5 Å². The van der Waals surface area contributed by atoms with E-state index in [1.165, 1.54) is 11.6 Å². The molecular weight excluding hydrogens is 232 g/mol. The zero-order chi connectivity index (χ0) is 13.7. The molecule has 1 aromatic heterocycles. The van der Waals surface area contributed by atoms with Crippen molar-refractivity contribution in [2.75, 3.05) is 26.7 Å². The summed E-state index contributed by atoms with van der Waals surface area (Å²) in [5, 5.41) is 3.21. The Morgan fingerprint density at radius 2 is 2.00 bits per heavy atom. The van der Waals surface area contributed by atoms with E-state index < -0.39 is 0 Å². The number of hydrogen-bond donors (Lipinski definition) is 1. The molecule has 0 bridgehead atoms. The lowest BCUT2D eigenvalue weighted by atomic mass is 10.3. The van der Waals surface area contributed by atoms with Crippen molar-refractivity contribution in [2.24, 2.45) is 14.1 Å². The zero-order valence-electron chi connectivity index (χ0n) is 11.6. The smallest absolute Gasteiger partial charge is 0.311 e. The van der Waals surface area contributed by atoms with Crippen LogP contribution in [0, 0.1) is 0 Å². The van der Waals surface area contributed by atoms with Crippen LogP contribution in [0.3, 0.4) is 0 Å². The topological polar surface area (TPSA) is 59.3 Å². The number of aryl methyl sites for hydroxylation is 1. The van der Waals surface area contributed by atoms with Gasteiger partial charge in [0.1, 0.15) is 0 Å². The van der Waals surface area contributed by atoms with Gasteiger partial charge in [-0.3, -0.25) is 9.36 Å². The Morgan fingerprint density at radius 1 is 1.33 bits per heavy atom. The van der Waals surface area contributed by atoms with E-state index in [0.717, 1.165) is 24.2 Å². The van der Waals surface area contributed by atoms with Gasteiger partial charge < -0.3 is 14.8 Å². The maximum atomic E-state index is 11.8. The predicted octanol–water partition coefficient (Wildman–Crippen LogP) is -0.875. The van der Waals surface area contributed by atoms with Crippen LogP contribution in [0.4, 0.5) is 0 Å². The van der Waals surface area contributed by atoms with Crippen LogP contribution in [0.15, 0.2) is 15.8 Å². The second-order valence-electron chi connectivity index (χ2n) is 4.48. The minimum Gasteiger partial charge on any atom is -0.311 e. The molecule has 1 N–H and O–H groups in total. The Balaban J connectivity index is 2.64. The molecular formula is C12H22N4O2. The summed E-state index contributed by atoms with van der Waals surface area (Å²) in [6.07, 6.45) is 1.60. The molecule has 0 atom stereocenters. The van der Waals surface area contributed by atoms with Gasteiger partial charge in [-0.25, -0.2) is 4.79 Å². The summed E-state index contributed by atoms with van der Waals surface area (Å²) in [6, 6.07) is 0. The van der Waals surface area contributed by atoms with E-state index >= 15 is 0 Å². The van der Waals surface area contributed by atoms with Crippen LogP contribution in [0.5, 0.6) is 0 Å². The predicted molar refractivity (Wildman–Crippen MR) is 71.8 cm³/mol. The lowest BCUT2D eigenvalue weighted by molar-refractivity contribution is 0.348. The maximum Gasteiger partial charge on any atom is 0.330 e. The Bertz CT molecular complexity index is 504. The molecule has 0 saturated heterocycles. The van der Waals surface area contributed by atoms with Crippen LogP contribution in [0.1, 0.15) is 12.5 Å². The van der Waals surface area contributed by atoms with Crippen molar-refractivity contribution in [3.8, 4) is 0 Å². The Labute approximate surface area is 107 Å². The van der Waals surface area contributed by atoms with Gasteiger partial charge in [0.15, 0.2) is 0 Å². The fourth-order valence-corrected chi connectivity index (χ4v) is 1.66. The van der Waals surface area contributed by atoms with Crippen molar-refractivity contribution >= 4 is 0 Å². The van der Waals surface area contributed by atoms with Crippen LogP contribution in [0.2, 0.25) is 0 Å². The molecule has 0 aliphatic rings. The quantitative estimate of drug-likeness (QED) is 0.670. The fourth-order valence-electron chi connectivity index (χ4n) is 1.66. The van der Waals surface area contributed by atoms with Crippen molar-refractivity contribution in [2.45, 2.75) is 13.5 Å². The summed E-state index contributed by atoms with van der Waals surface area (Å²) in [7, 11) is 5.20. The standard InChI is InChI=1S/C12H22N4O2/c1-5-14(2)7-6-13-8-10-9-15(3)12(18)16(4)11(10)17/h9,13H,5-8H2,1-4H3. The van der Waals surface area contributed by atoms with E-state index in [4.69, 9.17) is 0 Å². The molecule has 1 heterocycles. The van der Waals surface area contributed by atoms with E-state index in [9.17, 15) is 9.59 Å². The molecule has 1 rings (SSSR count). The van der Waals surface area contributed by atoms with Crippen LogP contribution >= 0.6 is 0 Å². The Hall–Kier alpha value is -1.40. The zero-order valence-corrected chi connectivity index (χ0v) is 11.6. The highest BCUT2D eigenvalue weighted by molar-refractivity contribution is 5.05. The van der Waals surface area contributed by atoms with Crippen molar-refractivity contribution in [3.05, 3.63) is 32.6 Å².